The van der Waals surface area contributed by atoms with Crippen molar-refractivity contribution >= 4 is 23.4 Å². The van der Waals surface area contributed by atoms with Gasteiger partial charge in [-0.2, -0.15) is 0 Å². The molecule has 0 bridgehead atoms. The Balaban J connectivity index is 1.41. The smallest absolute Gasteiger partial charge is 0.353 e. The van der Waals surface area contributed by atoms with Crippen LogP contribution < -0.4 is 9.80 Å². The highest BCUT2D eigenvalue weighted by Gasteiger charge is 2.32. The van der Waals surface area contributed by atoms with Crippen molar-refractivity contribution in [1.82, 2.24) is 14.9 Å². The van der Waals surface area contributed by atoms with Crippen molar-refractivity contribution in [2.45, 2.75) is 0 Å². The summed E-state index contributed by atoms with van der Waals surface area (Å²) in [5.41, 5.74) is 1.18. The van der Waals surface area contributed by atoms with E-state index >= 15 is 0 Å². The summed E-state index contributed by atoms with van der Waals surface area (Å²) in [4.78, 5) is 26.3. The lowest BCUT2D eigenvalue weighted by molar-refractivity contribution is -0.383. The summed E-state index contributed by atoms with van der Waals surface area (Å²) in [5, 5.41) is 11.9. The van der Waals surface area contributed by atoms with Crippen LogP contribution in [0.4, 0.5) is 17.3 Å². The number of rotatable bonds is 6. The van der Waals surface area contributed by atoms with Crippen molar-refractivity contribution in [3.05, 3.63) is 58.4 Å². The minimum atomic E-state index is -0.352. The van der Waals surface area contributed by atoms with Gasteiger partial charge < -0.3 is 14.5 Å². The van der Waals surface area contributed by atoms with Gasteiger partial charge in [0.25, 0.3) is 0 Å². The molecule has 158 valence electrons. The summed E-state index contributed by atoms with van der Waals surface area (Å²) in [6.45, 7) is 6.18. The molecule has 2 fully saturated rings. The average Bonchev–Trinajstić information content (AvgIpc) is 2.80. The summed E-state index contributed by atoms with van der Waals surface area (Å²) >= 11 is 0. The highest BCUT2D eigenvalue weighted by molar-refractivity contribution is 5.71. The SMILES string of the molecule is O=[N+]([O-])c1c(N2CCOCC2)ncnc1N1CCN(CC=Cc2ccccc2)CC1. The molecule has 2 saturated heterocycles. The Hall–Kier alpha value is -3.04. The Morgan fingerprint density at radius 2 is 1.60 bits per heavy atom. The molecule has 9 heteroatoms. The molecule has 0 aliphatic carbocycles. The zero-order valence-electron chi connectivity index (χ0n) is 16.9. The number of ether oxygens (including phenoxy) is 1. The first kappa shape index (κ1) is 20.2. The van der Waals surface area contributed by atoms with Crippen molar-refractivity contribution in [3.8, 4) is 0 Å². The lowest BCUT2D eigenvalue weighted by atomic mass is 10.2. The summed E-state index contributed by atoms with van der Waals surface area (Å²) < 4.78 is 5.36. The third-order valence-corrected chi connectivity index (χ3v) is 5.42. The predicted molar refractivity (Wildman–Crippen MR) is 116 cm³/mol. The summed E-state index contributed by atoms with van der Waals surface area (Å²) in [5.74, 6) is 0.803. The molecule has 0 radical (unpaired) electrons. The van der Waals surface area contributed by atoms with Crippen molar-refractivity contribution in [2.75, 3.05) is 68.8 Å². The van der Waals surface area contributed by atoms with Crippen molar-refractivity contribution in [3.63, 3.8) is 0 Å². The third kappa shape index (κ3) is 4.74. The molecule has 2 aromatic rings. The number of hydrogen-bond donors (Lipinski definition) is 0. The fourth-order valence-corrected chi connectivity index (χ4v) is 3.81. The second-order valence-corrected chi connectivity index (χ2v) is 7.33. The van der Waals surface area contributed by atoms with Crippen LogP contribution in [0.1, 0.15) is 5.56 Å². The molecule has 3 heterocycles. The van der Waals surface area contributed by atoms with Crippen LogP contribution in [0.25, 0.3) is 6.08 Å². The number of morpholine rings is 1. The van der Waals surface area contributed by atoms with E-state index in [9.17, 15) is 10.1 Å². The Bertz CT molecular complexity index is 878. The maximum absolute atomic E-state index is 11.9. The van der Waals surface area contributed by atoms with E-state index in [1.54, 1.807) is 0 Å². The minimum Gasteiger partial charge on any atom is -0.378 e. The van der Waals surface area contributed by atoms with Gasteiger partial charge in [0, 0.05) is 45.8 Å². The topological polar surface area (TPSA) is 87.9 Å². The molecule has 0 spiro atoms. The van der Waals surface area contributed by atoms with Gasteiger partial charge in [0.05, 0.1) is 18.1 Å². The second kappa shape index (κ2) is 9.64. The highest BCUT2D eigenvalue weighted by Crippen LogP contribution is 2.34. The largest absolute Gasteiger partial charge is 0.378 e. The fraction of sp³-hybridized carbons (Fsp3) is 0.429. The zero-order chi connectivity index (χ0) is 20.8. The van der Waals surface area contributed by atoms with Crippen LogP contribution in [0.5, 0.6) is 0 Å². The highest BCUT2D eigenvalue weighted by atomic mass is 16.6. The Morgan fingerprint density at radius 1 is 0.967 bits per heavy atom. The summed E-state index contributed by atoms with van der Waals surface area (Å²) in [7, 11) is 0. The summed E-state index contributed by atoms with van der Waals surface area (Å²) in [6.07, 6.45) is 5.72. The predicted octanol–water partition coefficient (Wildman–Crippen LogP) is 2.06. The standard InChI is InChI=1S/C21H26N6O3/c28-27(29)19-20(22-17-23-21(19)26-13-15-30-16-14-26)25-11-9-24(10-12-25)8-4-7-18-5-2-1-3-6-18/h1-7,17H,8-16H2. The van der Waals surface area contributed by atoms with Crippen LogP contribution in [0.2, 0.25) is 0 Å². The molecule has 9 nitrogen and oxygen atoms in total. The van der Waals surface area contributed by atoms with Gasteiger partial charge in [0.2, 0.25) is 11.6 Å². The van der Waals surface area contributed by atoms with Crippen LogP contribution in [-0.2, 0) is 4.74 Å². The second-order valence-electron chi connectivity index (χ2n) is 7.33. The van der Waals surface area contributed by atoms with Gasteiger partial charge in [-0.15, -0.1) is 0 Å². The van der Waals surface area contributed by atoms with E-state index in [0.29, 0.717) is 51.0 Å². The van der Waals surface area contributed by atoms with Crippen LogP contribution in [-0.4, -0.2) is 78.8 Å². The van der Waals surface area contributed by atoms with E-state index in [1.807, 2.05) is 28.0 Å². The van der Waals surface area contributed by atoms with Gasteiger partial charge in [-0.25, -0.2) is 9.97 Å². The lowest BCUT2D eigenvalue weighted by Crippen LogP contribution is -2.47. The molecule has 0 amide bonds. The quantitative estimate of drug-likeness (QED) is 0.528. The molecule has 30 heavy (non-hydrogen) atoms. The fourth-order valence-electron chi connectivity index (χ4n) is 3.81. The normalized spacial score (nSPS) is 18.1. The lowest BCUT2D eigenvalue weighted by Gasteiger charge is -2.35. The zero-order valence-corrected chi connectivity index (χ0v) is 16.9. The number of anilines is 2. The van der Waals surface area contributed by atoms with E-state index in [0.717, 1.165) is 19.6 Å². The van der Waals surface area contributed by atoms with Crippen molar-refractivity contribution in [2.24, 2.45) is 0 Å². The Kier molecular flexibility index (Phi) is 6.50. The van der Waals surface area contributed by atoms with E-state index in [-0.39, 0.29) is 10.6 Å². The maximum atomic E-state index is 11.9. The molecule has 4 rings (SSSR count). The molecule has 2 aliphatic heterocycles. The molecule has 1 aromatic heterocycles. The molecular weight excluding hydrogens is 384 g/mol. The first-order valence-electron chi connectivity index (χ1n) is 10.2. The van der Waals surface area contributed by atoms with Gasteiger partial charge in [-0.05, 0) is 5.56 Å². The molecule has 2 aliphatic rings. The molecule has 0 N–H and O–H groups in total. The maximum Gasteiger partial charge on any atom is 0.353 e. The minimum absolute atomic E-state index is 0.00294. The van der Waals surface area contributed by atoms with Gasteiger partial charge in [0.1, 0.15) is 6.33 Å². The van der Waals surface area contributed by atoms with E-state index in [2.05, 4.69) is 39.2 Å². The molecule has 0 saturated carbocycles. The number of benzene rings is 1. The molecule has 0 atom stereocenters. The van der Waals surface area contributed by atoms with E-state index in [4.69, 9.17) is 4.74 Å². The first-order valence-corrected chi connectivity index (χ1v) is 10.2. The Morgan fingerprint density at radius 3 is 2.23 bits per heavy atom. The van der Waals surface area contributed by atoms with Gasteiger partial charge in [-0.1, -0.05) is 42.5 Å². The summed E-state index contributed by atoms with van der Waals surface area (Å²) in [6, 6.07) is 10.2. The van der Waals surface area contributed by atoms with Crippen LogP contribution in [0, 0.1) is 10.1 Å². The first-order chi connectivity index (χ1) is 14.7. The third-order valence-electron chi connectivity index (χ3n) is 5.42. The molecule has 0 unspecified atom stereocenters. The number of nitro groups is 1. The van der Waals surface area contributed by atoms with Gasteiger partial charge in [0.15, 0.2) is 0 Å². The van der Waals surface area contributed by atoms with E-state index in [1.165, 1.54) is 11.9 Å². The van der Waals surface area contributed by atoms with Gasteiger partial charge in [-0.3, -0.25) is 15.0 Å². The van der Waals surface area contributed by atoms with Crippen LogP contribution in [0.15, 0.2) is 42.7 Å². The van der Waals surface area contributed by atoms with Crippen LogP contribution >= 0.6 is 0 Å². The molecular formula is C21H26N6O3. The van der Waals surface area contributed by atoms with Crippen LogP contribution in [0.3, 0.4) is 0 Å². The van der Waals surface area contributed by atoms with E-state index < -0.39 is 0 Å². The van der Waals surface area contributed by atoms with Gasteiger partial charge >= 0.3 is 5.69 Å². The number of hydrogen-bond acceptors (Lipinski definition) is 8. The van der Waals surface area contributed by atoms with Crippen molar-refractivity contribution in [1.29, 1.82) is 0 Å². The monoisotopic (exact) mass is 410 g/mol. The number of nitrogens with zero attached hydrogens (tertiary/aromatic N) is 6. The number of aromatic nitrogens is 2. The number of piperazine rings is 1. The Labute approximate surface area is 175 Å². The molecule has 1 aromatic carbocycles. The van der Waals surface area contributed by atoms with Crippen molar-refractivity contribution < 1.29 is 9.66 Å². The average molecular weight is 410 g/mol.